The second-order valence-electron chi connectivity index (χ2n) is 5.54. The van der Waals surface area contributed by atoms with Gasteiger partial charge in [0.05, 0.1) is 19.3 Å². The van der Waals surface area contributed by atoms with Gasteiger partial charge in [0.15, 0.2) is 0 Å². The number of nitrogens with one attached hydrogen (secondary N) is 1. The van der Waals surface area contributed by atoms with Gasteiger partial charge in [-0.1, -0.05) is 18.2 Å². The molecule has 1 aromatic carbocycles. The molecule has 0 aliphatic carbocycles. The van der Waals surface area contributed by atoms with Crippen LogP contribution in [0.1, 0.15) is 18.0 Å². The number of likely N-dealkylation sites (tertiary alicyclic amines) is 1. The summed E-state index contributed by atoms with van der Waals surface area (Å²) in [6.07, 6.45) is 2.46. The molecule has 2 N–H and O–H groups in total. The van der Waals surface area contributed by atoms with E-state index in [1.165, 1.54) is 0 Å². The summed E-state index contributed by atoms with van der Waals surface area (Å²) in [6.45, 7) is 2.47. The maximum absolute atomic E-state index is 9.68. The molecule has 0 bridgehead atoms. The monoisotopic (exact) mass is 319 g/mol. The van der Waals surface area contributed by atoms with Crippen LogP contribution in [0.3, 0.4) is 0 Å². The van der Waals surface area contributed by atoms with Crippen LogP contribution in [0, 0.1) is 0 Å². The number of rotatable bonds is 6. The first-order chi connectivity index (χ1) is 10.8. The van der Waals surface area contributed by atoms with Crippen LogP contribution < -0.4 is 5.48 Å². The Labute approximate surface area is 134 Å². The van der Waals surface area contributed by atoms with Crippen molar-refractivity contribution < 1.29 is 9.94 Å². The molecule has 118 valence electrons. The third-order valence-electron chi connectivity index (χ3n) is 3.92. The highest BCUT2D eigenvalue weighted by Crippen LogP contribution is 2.26. The average molecular weight is 319 g/mol. The van der Waals surface area contributed by atoms with Crippen LogP contribution in [0.15, 0.2) is 35.8 Å². The summed E-state index contributed by atoms with van der Waals surface area (Å²) >= 11 is 1.64. The maximum Gasteiger partial charge on any atom is 0.123 e. The number of β-amino-alcohol motifs (C(OH)–C–C–N with tert-alkyl or cyclic N) is 1. The van der Waals surface area contributed by atoms with E-state index in [0.29, 0.717) is 0 Å². The molecule has 2 aromatic rings. The van der Waals surface area contributed by atoms with Gasteiger partial charge in [-0.05, 0) is 18.1 Å². The largest absolute Gasteiger partial charge is 0.392 e. The van der Waals surface area contributed by atoms with Gasteiger partial charge in [-0.15, -0.1) is 11.3 Å². The highest BCUT2D eigenvalue weighted by molar-refractivity contribution is 7.13. The molecular formula is C16H21N3O2S. The summed E-state index contributed by atoms with van der Waals surface area (Å²) in [6, 6.07) is 8.44. The van der Waals surface area contributed by atoms with E-state index in [1.807, 2.05) is 11.6 Å². The first-order valence-corrected chi connectivity index (χ1v) is 8.33. The molecule has 0 radical (unpaired) electrons. The summed E-state index contributed by atoms with van der Waals surface area (Å²) in [5, 5.41) is 12.7. The molecule has 0 amide bonds. The Morgan fingerprint density at radius 2 is 2.45 bits per heavy atom. The van der Waals surface area contributed by atoms with E-state index in [9.17, 15) is 5.11 Å². The SMILES string of the molecule is CONC(CN1CC[C@H](O)C1)c1cccc(-c2nccs2)c1. The fraction of sp³-hybridized carbons (Fsp3) is 0.438. The van der Waals surface area contributed by atoms with Gasteiger partial charge >= 0.3 is 0 Å². The number of aliphatic hydroxyl groups excluding tert-OH is 1. The molecule has 2 heterocycles. The molecule has 1 aliphatic rings. The number of aliphatic hydroxyl groups is 1. The highest BCUT2D eigenvalue weighted by atomic mass is 32.1. The summed E-state index contributed by atoms with van der Waals surface area (Å²) in [5.74, 6) is 0. The molecule has 1 fully saturated rings. The third-order valence-corrected chi connectivity index (χ3v) is 4.74. The van der Waals surface area contributed by atoms with Crippen molar-refractivity contribution in [1.82, 2.24) is 15.4 Å². The zero-order valence-electron chi connectivity index (χ0n) is 12.6. The molecule has 1 saturated heterocycles. The minimum absolute atomic E-state index is 0.0650. The van der Waals surface area contributed by atoms with Crippen molar-refractivity contribution in [3.63, 3.8) is 0 Å². The van der Waals surface area contributed by atoms with E-state index in [0.717, 1.165) is 42.2 Å². The Hall–Kier alpha value is -1.31. The lowest BCUT2D eigenvalue weighted by molar-refractivity contribution is 0.0477. The molecular weight excluding hydrogens is 298 g/mol. The van der Waals surface area contributed by atoms with Gasteiger partial charge in [-0.25, -0.2) is 4.98 Å². The van der Waals surface area contributed by atoms with E-state index in [-0.39, 0.29) is 12.1 Å². The summed E-state index contributed by atoms with van der Waals surface area (Å²) in [4.78, 5) is 11.8. The number of hydrogen-bond acceptors (Lipinski definition) is 6. The summed E-state index contributed by atoms with van der Waals surface area (Å²) in [5.41, 5.74) is 5.36. The normalized spacial score (nSPS) is 20.4. The third kappa shape index (κ3) is 3.71. The molecule has 0 spiro atoms. The Bertz CT molecular complexity index is 591. The zero-order valence-corrected chi connectivity index (χ0v) is 13.4. The molecule has 6 heteroatoms. The van der Waals surface area contributed by atoms with E-state index in [4.69, 9.17) is 4.84 Å². The van der Waals surface area contributed by atoms with Crippen LogP contribution in [-0.2, 0) is 4.84 Å². The molecule has 22 heavy (non-hydrogen) atoms. The van der Waals surface area contributed by atoms with Crippen LogP contribution in [0.5, 0.6) is 0 Å². The first-order valence-electron chi connectivity index (χ1n) is 7.45. The average Bonchev–Trinajstić information content (AvgIpc) is 3.19. The Morgan fingerprint density at radius 1 is 1.55 bits per heavy atom. The molecule has 2 atom stereocenters. The van der Waals surface area contributed by atoms with Crippen LogP contribution in [0.4, 0.5) is 0 Å². The van der Waals surface area contributed by atoms with Crippen molar-refractivity contribution in [3.05, 3.63) is 41.4 Å². The number of benzene rings is 1. The lowest BCUT2D eigenvalue weighted by Gasteiger charge is -2.24. The lowest BCUT2D eigenvalue weighted by Crippen LogP contribution is -2.34. The fourth-order valence-electron chi connectivity index (χ4n) is 2.84. The molecule has 1 aliphatic heterocycles. The van der Waals surface area contributed by atoms with E-state index in [1.54, 1.807) is 18.4 Å². The molecule has 3 rings (SSSR count). The topological polar surface area (TPSA) is 57.6 Å². The van der Waals surface area contributed by atoms with Gasteiger partial charge in [-0.2, -0.15) is 5.48 Å². The molecule has 5 nitrogen and oxygen atoms in total. The predicted octanol–water partition coefficient (Wildman–Crippen LogP) is 2.07. The maximum atomic E-state index is 9.68. The van der Waals surface area contributed by atoms with Crippen LogP contribution in [-0.4, -0.2) is 47.8 Å². The standard InChI is InChI=1S/C16H21N3O2S/c1-21-18-15(11-19-7-5-14(20)10-19)12-3-2-4-13(9-12)16-17-6-8-22-16/h2-4,6,8-9,14-15,18,20H,5,7,10-11H2,1H3/t14-,15?/m0/s1. The zero-order chi connectivity index (χ0) is 15.4. The second-order valence-corrected chi connectivity index (χ2v) is 6.43. The Kier molecular flexibility index (Phi) is 5.17. The first kappa shape index (κ1) is 15.6. The number of nitrogens with zero attached hydrogens (tertiary/aromatic N) is 2. The molecule has 1 aromatic heterocycles. The smallest absolute Gasteiger partial charge is 0.123 e. The van der Waals surface area contributed by atoms with Crippen LogP contribution in [0.2, 0.25) is 0 Å². The fourth-order valence-corrected chi connectivity index (χ4v) is 3.48. The van der Waals surface area contributed by atoms with Crippen molar-refractivity contribution in [2.75, 3.05) is 26.7 Å². The van der Waals surface area contributed by atoms with Crippen molar-refractivity contribution in [1.29, 1.82) is 0 Å². The van der Waals surface area contributed by atoms with Crippen LogP contribution in [0.25, 0.3) is 10.6 Å². The quantitative estimate of drug-likeness (QED) is 0.798. The van der Waals surface area contributed by atoms with Crippen LogP contribution >= 0.6 is 11.3 Å². The number of hydrogen-bond donors (Lipinski definition) is 2. The second kappa shape index (κ2) is 7.30. The van der Waals surface area contributed by atoms with Crippen molar-refractivity contribution in [2.45, 2.75) is 18.6 Å². The van der Waals surface area contributed by atoms with Gasteiger partial charge in [0.25, 0.3) is 0 Å². The van der Waals surface area contributed by atoms with Gasteiger partial charge in [0.2, 0.25) is 0 Å². The highest BCUT2D eigenvalue weighted by Gasteiger charge is 2.24. The number of thiazole rings is 1. The van der Waals surface area contributed by atoms with Gasteiger partial charge in [0.1, 0.15) is 5.01 Å². The molecule has 1 unspecified atom stereocenters. The Balaban J connectivity index is 1.77. The van der Waals surface area contributed by atoms with E-state index >= 15 is 0 Å². The Morgan fingerprint density at radius 3 is 3.14 bits per heavy atom. The summed E-state index contributed by atoms with van der Waals surface area (Å²) in [7, 11) is 1.64. The predicted molar refractivity (Wildman–Crippen MR) is 87.5 cm³/mol. The van der Waals surface area contributed by atoms with Gasteiger partial charge in [0, 0.05) is 36.8 Å². The van der Waals surface area contributed by atoms with Crippen molar-refractivity contribution in [2.24, 2.45) is 0 Å². The van der Waals surface area contributed by atoms with Crippen molar-refractivity contribution in [3.8, 4) is 10.6 Å². The minimum Gasteiger partial charge on any atom is -0.392 e. The minimum atomic E-state index is -0.204. The lowest BCUT2D eigenvalue weighted by atomic mass is 10.0. The summed E-state index contributed by atoms with van der Waals surface area (Å²) < 4.78 is 0. The van der Waals surface area contributed by atoms with E-state index in [2.05, 4.69) is 39.6 Å². The number of aromatic nitrogens is 1. The molecule has 0 saturated carbocycles. The van der Waals surface area contributed by atoms with Gasteiger partial charge in [-0.3, -0.25) is 4.90 Å². The van der Waals surface area contributed by atoms with Crippen molar-refractivity contribution >= 4 is 11.3 Å². The van der Waals surface area contributed by atoms with E-state index < -0.39 is 0 Å². The number of hydroxylamine groups is 1. The van der Waals surface area contributed by atoms with Gasteiger partial charge < -0.3 is 9.94 Å².